The van der Waals surface area contributed by atoms with Gasteiger partial charge in [0, 0.05) is 10.0 Å². The summed E-state index contributed by atoms with van der Waals surface area (Å²) in [7, 11) is 6.04. The van der Waals surface area contributed by atoms with Gasteiger partial charge in [-0.15, -0.1) is 0 Å². The SMILES string of the molecule is CCCC[Si](CCCC)(CCCC)CC(=Nc1c(C)cc(Cl)cc1C)c1cccc(C(C[Si](CCCC)(CCCC)CCCC)=Nc2c(C)cc(Cl)cc2C)n1.[Cl][Fe][Cl]. The molecule has 59 heavy (non-hydrogen) atoms. The number of benzene rings is 2. The van der Waals surface area contributed by atoms with Crippen LogP contribution < -0.4 is 0 Å². The van der Waals surface area contributed by atoms with E-state index >= 15 is 0 Å². The molecule has 3 rings (SSSR count). The number of nitrogens with zero attached hydrogens (tertiary/aromatic N) is 3. The molecule has 332 valence electrons. The van der Waals surface area contributed by atoms with Gasteiger partial charge in [-0.2, -0.15) is 0 Å². The van der Waals surface area contributed by atoms with Crippen LogP contribution in [0, 0.1) is 27.7 Å². The minimum absolute atomic E-state index is 0.194. The number of hydrogen-bond acceptors (Lipinski definition) is 3. The van der Waals surface area contributed by atoms with Crippen LogP contribution in [0.1, 0.15) is 152 Å². The van der Waals surface area contributed by atoms with Crippen molar-refractivity contribution in [1.82, 2.24) is 4.98 Å². The average Bonchev–Trinajstić information content (AvgIpc) is 3.20. The van der Waals surface area contributed by atoms with Crippen LogP contribution in [-0.2, 0) is 13.1 Å². The zero-order valence-corrected chi connectivity index (χ0v) is 44.5. The fourth-order valence-corrected chi connectivity index (χ4v) is 20.6. The van der Waals surface area contributed by atoms with Crippen LogP contribution in [-0.4, -0.2) is 32.6 Å². The number of aryl methyl sites for hydroxylation is 4. The number of unbranched alkanes of at least 4 members (excludes halogenated alkanes) is 6. The molecule has 0 bridgehead atoms. The van der Waals surface area contributed by atoms with Crippen molar-refractivity contribution < 1.29 is 13.1 Å². The zero-order valence-electron chi connectivity index (χ0n) is 38.4. The van der Waals surface area contributed by atoms with E-state index in [0.717, 1.165) is 67.1 Å². The third-order valence-electron chi connectivity index (χ3n) is 12.2. The molecule has 0 radical (unpaired) electrons. The molecule has 0 unspecified atom stereocenters. The van der Waals surface area contributed by atoms with E-state index in [2.05, 4.69) is 112 Å². The number of aromatic nitrogens is 1. The first-order valence-corrected chi connectivity index (χ1v) is 32.3. The van der Waals surface area contributed by atoms with E-state index in [1.165, 1.54) is 125 Å². The quantitative estimate of drug-likeness (QED) is 0.0583. The second-order valence-corrected chi connectivity index (χ2v) is 29.7. The van der Waals surface area contributed by atoms with Gasteiger partial charge in [0.15, 0.2) is 0 Å². The van der Waals surface area contributed by atoms with E-state index in [9.17, 15) is 0 Å². The van der Waals surface area contributed by atoms with Crippen molar-refractivity contribution in [3.8, 4) is 0 Å². The first kappa shape index (κ1) is 54.2. The van der Waals surface area contributed by atoms with Crippen molar-refractivity contribution in [2.75, 3.05) is 0 Å². The molecule has 0 N–H and O–H groups in total. The molecule has 0 aliphatic rings. The summed E-state index contributed by atoms with van der Waals surface area (Å²) in [4.78, 5) is 17.1. The Labute approximate surface area is 388 Å². The molecular formula is C49H77Cl4FeN3Si2. The second kappa shape index (κ2) is 29.4. The molecule has 0 saturated heterocycles. The predicted molar refractivity (Wildman–Crippen MR) is 270 cm³/mol. The molecule has 10 heteroatoms. The Balaban J connectivity index is 0.00000387. The molecule has 1 aromatic heterocycles. The molecule has 2 aromatic carbocycles. The molecule has 0 fully saturated rings. The van der Waals surface area contributed by atoms with Crippen molar-refractivity contribution in [3.63, 3.8) is 0 Å². The van der Waals surface area contributed by atoms with Crippen LogP contribution in [0.25, 0.3) is 0 Å². The number of rotatable bonds is 26. The van der Waals surface area contributed by atoms with Gasteiger partial charge in [-0.1, -0.05) is 184 Å². The van der Waals surface area contributed by atoms with Crippen LogP contribution >= 0.6 is 43.4 Å². The second-order valence-electron chi connectivity index (χ2n) is 17.3. The van der Waals surface area contributed by atoms with Crippen molar-refractivity contribution in [1.29, 1.82) is 0 Å². The summed E-state index contributed by atoms with van der Waals surface area (Å²) < 4.78 is 0. The number of halogens is 4. The van der Waals surface area contributed by atoms with E-state index < -0.39 is 16.1 Å². The van der Waals surface area contributed by atoms with E-state index in [4.69, 9.17) is 58.4 Å². The van der Waals surface area contributed by atoms with Crippen LogP contribution in [0.5, 0.6) is 0 Å². The number of pyridine rings is 1. The van der Waals surface area contributed by atoms with Gasteiger partial charge in [0.1, 0.15) is 0 Å². The van der Waals surface area contributed by atoms with Gasteiger partial charge in [-0.3, -0.25) is 9.98 Å². The molecule has 3 nitrogen and oxygen atoms in total. The Morgan fingerprint density at radius 1 is 0.508 bits per heavy atom. The van der Waals surface area contributed by atoms with Gasteiger partial charge in [0.05, 0.1) is 50.3 Å². The summed E-state index contributed by atoms with van der Waals surface area (Å²) in [6, 6.07) is 25.3. The molecule has 0 aliphatic carbocycles. The summed E-state index contributed by atoms with van der Waals surface area (Å²) in [5.41, 5.74) is 11.0. The van der Waals surface area contributed by atoms with Gasteiger partial charge in [0.25, 0.3) is 0 Å². The Morgan fingerprint density at radius 2 is 0.763 bits per heavy atom. The first-order valence-electron chi connectivity index (χ1n) is 22.8. The fraction of sp³-hybridized carbons (Fsp3) is 0.612. The van der Waals surface area contributed by atoms with E-state index in [0.29, 0.717) is 0 Å². The Kier molecular flexibility index (Phi) is 27.0. The van der Waals surface area contributed by atoms with Gasteiger partial charge >= 0.3 is 33.3 Å². The Morgan fingerprint density at radius 3 is 1.00 bits per heavy atom. The third-order valence-corrected chi connectivity index (χ3v) is 23.3. The maximum absolute atomic E-state index is 6.58. The molecule has 0 atom stereocenters. The molecule has 0 aliphatic heterocycles. The normalized spacial score (nSPS) is 12.6. The molecule has 1 heterocycles. The van der Waals surface area contributed by atoms with E-state index in [1.54, 1.807) is 0 Å². The Bertz CT molecular complexity index is 1540. The molecule has 0 spiro atoms. The molecule has 0 amide bonds. The minimum atomic E-state index is -1.75. The zero-order chi connectivity index (χ0) is 43.8. The molecule has 3 aromatic rings. The monoisotopic (exact) mass is 959 g/mol. The summed E-state index contributed by atoms with van der Waals surface area (Å²) in [5, 5.41) is 1.54. The van der Waals surface area contributed by atoms with Gasteiger partial charge in [-0.05, 0) is 98.4 Å². The standard InChI is InChI=1S/C49H77Cl2N3Si2.2ClH.Fe/c1-11-17-26-55(27-18-12-2,28-19-13-3)36-46(53-48-38(7)32-42(50)33-39(48)8)44-24-23-25-45(52-44)47(54-49-40(9)34-43(51)35-41(49)10)37-56(29-20-14-4,30-21-15-5)31-22-16-6;;;/h23-25,32-35H,11-22,26-31,36-37H2,1-10H3;2*1H;/q;;;+2/p-2. The summed E-state index contributed by atoms with van der Waals surface area (Å²) in [5.74, 6) is 0. The van der Waals surface area contributed by atoms with Gasteiger partial charge < -0.3 is 0 Å². The van der Waals surface area contributed by atoms with Gasteiger partial charge in [-0.25, -0.2) is 4.98 Å². The Hall–Kier alpha value is -0.957. The van der Waals surface area contributed by atoms with Gasteiger partial charge in [0.2, 0.25) is 0 Å². The van der Waals surface area contributed by atoms with Crippen LogP contribution in [0.15, 0.2) is 52.4 Å². The number of aliphatic imine (C=N–C) groups is 2. The van der Waals surface area contributed by atoms with Crippen molar-refractivity contribution in [3.05, 3.63) is 86.2 Å². The molecular weight excluding hydrogens is 884 g/mol. The van der Waals surface area contributed by atoms with Crippen LogP contribution in [0.2, 0.25) is 58.4 Å². The van der Waals surface area contributed by atoms with Crippen molar-refractivity contribution >= 4 is 82.3 Å². The third kappa shape index (κ3) is 18.4. The first-order chi connectivity index (χ1) is 28.3. The predicted octanol–water partition coefficient (Wildman–Crippen LogP) is 18.9. The van der Waals surface area contributed by atoms with Crippen molar-refractivity contribution in [2.45, 2.75) is 195 Å². The maximum atomic E-state index is 6.58. The summed E-state index contributed by atoms with van der Waals surface area (Å²) in [6.45, 7) is 22.8. The fourth-order valence-electron chi connectivity index (χ4n) is 8.86. The molecule has 0 saturated carbocycles. The van der Waals surface area contributed by atoms with Crippen LogP contribution in [0.4, 0.5) is 11.4 Å². The van der Waals surface area contributed by atoms with Crippen LogP contribution in [0.3, 0.4) is 0 Å². The topological polar surface area (TPSA) is 37.6 Å². The summed E-state index contributed by atoms with van der Waals surface area (Å²) >= 11 is 13.4. The summed E-state index contributed by atoms with van der Waals surface area (Å²) in [6.07, 6.45) is 15.3. The van der Waals surface area contributed by atoms with E-state index in [1.807, 2.05) is 0 Å². The van der Waals surface area contributed by atoms with Crippen molar-refractivity contribution in [2.24, 2.45) is 9.98 Å². The average molecular weight is 962 g/mol. The number of hydrogen-bond donors (Lipinski definition) is 0. The van der Waals surface area contributed by atoms with E-state index in [-0.39, 0.29) is 13.1 Å².